The monoisotopic (exact) mass is 168 g/mol. The molecular weight excluding hydrogens is 152 g/mol. The molecule has 0 radical (unpaired) electrons. The van der Waals surface area contributed by atoms with Gasteiger partial charge >= 0.3 is 0 Å². The highest BCUT2D eigenvalue weighted by atomic mass is 16.3. The highest BCUT2D eigenvalue weighted by Gasteiger charge is 2.23. The van der Waals surface area contributed by atoms with Crippen LogP contribution in [0.2, 0.25) is 0 Å². The van der Waals surface area contributed by atoms with Crippen molar-refractivity contribution in [3.05, 3.63) is 11.8 Å². The average Bonchev–Trinajstić information content (AvgIpc) is 2.32. The van der Waals surface area contributed by atoms with E-state index in [4.69, 9.17) is 0 Å². The maximum Gasteiger partial charge on any atom is 0.101 e. The van der Waals surface area contributed by atoms with Crippen LogP contribution in [0.1, 0.15) is 20.3 Å². The summed E-state index contributed by atoms with van der Waals surface area (Å²) in [6.07, 6.45) is 4.30. The predicted molar refractivity (Wildman–Crippen MR) is 50.4 cm³/mol. The molecule has 0 aliphatic carbocycles. The molecule has 3 heteroatoms. The minimum atomic E-state index is -0.740. The van der Waals surface area contributed by atoms with Gasteiger partial charge in [0.05, 0.1) is 6.54 Å². The summed E-state index contributed by atoms with van der Waals surface area (Å²) in [7, 11) is 0. The van der Waals surface area contributed by atoms with E-state index in [9.17, 15) is 5.11 Å². The summed E-state index contributed by atoms with van der Waals surface area (Å²) in [5.74, 6) is 0. The quantitative estimate of drug-likeness (QED) is 0.637. The van der Waals surface area contributed by atoms with E-state index >= 15 is 0 Å². The molecule has 0 bridgehead atoms. The molecular formula is C9H16N2O. The summed E-state index contributed by atoms with van der Waals surface area (Å²) >= 11 is 0. The van der Waals surface area contributed by atoms with Gasteiger partial charge in [0.2, 0.25) is 0 Å². The Balaban J connectivity index is 2.72. The molecule has 2 N–H and O–H groups in total. The second-order valence-corrected chi connectivity index (χ2v) is 3.19. The molecule has 0 saturated carbocycles. The second kappa shape index (κ2) is 3.72. The van der Waals surface area contributed by atoms with Gasteiger partial charge in [-0.2, -0.15) is 0 Å². The van der Waals surface area contributed by atoms with Gasteiger partial charge in [-0.05, 0) is 19.4 Å². The highest BCUT2D eigenvalue weighted by Crippen LogP contribution is 2.17. The van der Waals surface area contributed by atoms with Gasteiger partial charge in [0, 0.05) is 18.5 Å². The maximum absolute atomic E-state index is 9.88. The standard InChI is InChI=1S/C9H16N2O/c1-3-9(2,12)8-4-5-10-6-7-11-8/h4-5,11-12H,3,6-7H2,1-2H3. The topological polar surface area (TPSA) is 44.6 Å². The van der Waals surface area contributed by atoms with Gasteiger partial charge < -0.3 is 10.4 Å². The minimum Gasteiger partial charge on any atom is -0.384 e. The van der Waals surface area contributed by atoms with E-state index in [1.165, 1.54) is 0 Å². The zero-order valence-electron chi connectivity index (χ0n) is 7.67. The first-order chi connectivity index (χ1) is 5.67. The fourth-order valence-electron chi connectivity index (χ4n) is 1.08. The Morgan fingerprint density at radius 2 is 2.50 bits per heavy atom. The lowest BCUT2D eigenvalue weighted by Gasteiger charge is -2.25. The number of nitrogens with one attached hydrogen (secondary N) is 1. The van der Waals surface area contributed by atoms with E-state index in [-0.39, 0.29) is 0 Å². The smallest absolute Gasteiger partial charge is 0.101 e. The second-order valence-electron chi connectivity index (χ2n) is 3.19. The van der Waals surface area contributed by atoms with Crippen molar-refractivity contribution in [1.82, 2.24) is 5.32 Å². The van der Waals surface area contributed by atoms with Gasteiger partial charge in [0.1, 0.15) is 5.60 Å². The van der Waals surface area contributed by atoms with Gasteiger partial charge in [0.25, 0.3) is 0 Å². The lowest BCUT2D eigenvalue weighted by molar-refractivity contribution is 0.0874. The van der Waals surface area contributed by atoms with Crippen molar-refractivity contribution in [1.29, 1.82) is 0 Å². The van der Waals surface area contributed by atoms with Crippen LogP contribution in [0.15, 0.2) is 16.8 Å². The first kappa shape index (κ1) is 9.26. The molecule has 1 aliphatic rings. The number of aliphatic hydroxyl groups is 1. The lowest BCUT2D eigenvalue weighted by atomic mass is 9.99. The van der Waals surface area contributed by atoms with Gasteiger partial charge in [0.15, 0.2) is 0 Å². The number of aliphatic imine (C=N–C) groups is 1. The van der Waals surface area contributed by atoms with Gasteiger partial charge in [-0.15, -0.1) is 0 Å². The third-order valence-electron chi connectivity index (χ3n) is 2.17. The first-order valence-corrected chi connectivity index (χ1v) is 4.33. The van der Waals surface area contributed by atoms with Crippen LogP contribution in [-0.2, 0) is 0 Å². The van der Waals surface area contributed by atoms with E-state index in [0.717, 1.165) is 18.8 Å². The van der Waals surface area contributed by atoms with Crippen molar-refractivity contribution in [3.63, 3.8) is 0 Å². The molecule has 1 rings (SSSR count). The van der Waals surface area contributed by atoms with Gasteiger partial charge in [-0.3, -0.25) is 4.99 Å². The van der Waals surface area contributed by atoms with Crippen LogP contribution in [0, 0.1) is 0 Å². The van der Waals surface area contributed by atoms with Crippen molar-refractivity contribution in [3.8, 4) is 0 Å². The van der Waals surface area contributed by atoms with Crippen LogP contribution in [0.5, 0.6) is 0 Å². The molecule has 0 aromatic rings. The van der Waals surface area contributed by atoms with E-state index in [1.807, 2.05) is 19.9 Å². The van der Waals surface area contributed by atoms with E-state index < -0.39 is 5.60 Å². The van der Waals surface area contributed by atoms with Crippen molar-refractivity contribution in [2.24, 2.45) is 4.99 Å². The number of nitrogens with zero attached hydrogens (tertiary/aromatic N) is 1. The van der Waals surface area contributed by atoms with Crippen molar-refractivity contribution < 1.29 is 5.11 Å². The molecule has 0 saturated heterocycles. The predicted octanol–water partition coefficient (Wildman–Crippen LogP) is 0.705. The zero-order chi connectivity index (χ0) is 9.03. The Bertz CT molecular complexity index is 207. The summed E-state index contributed by atoms with van der Waals surface area (Å²) in [5, 5.41) is 13.0. The third-order valence-corrected chi connectivity index (χ3v) is 2.17. The van der Waals surface area contributed by atoms with Crippen LogP contribution in [0.3, 0.4) is 0 Å². The SMILES string of the molecule is CCC(C)(O)C1=CC=NCCN1. The van der Waals surface area contributed by atoms with Gasteiger partial charge in [-0.1, -0.05) is 6.92 Å². The molecule has 12 heavy (non-hydrogen) atoms. The first-order valence-electron chi connectivity index (χ1n) is 4.33. The Morgan fingerprint density at radius 3 is 3.17 bits per heavy atom. The van der Waals surface area contributed by atoms with Crippen LogP contribution >= 0.6 is 0 Å². The number of allylic oxidation sites excluding steroid dienone is 1. The summed E-state index contributed by atoms with van der Waals surface area (Å²) < 4.78 is 0. The third kappa shape index (κ3) is 2.08. The number of hydrogen-bond acceptors (Lipinski definition) is 3. The fraction of sp³-hybridized carbons (Fsp3) is 0.667. The van der Waals surface area contributed by atoms with Crippen LogP contribution in [0.4, 0.5) is 0 Å². The Hall–Kier alpha value is -0.830. The molecule has 68 valence electrons. The Labute approximate surface area is 73.2 Å². The zero-order valence-corrected chi connectivity index (χ0v) is 7.67. The fourth-order valence-corrected chi connectivity index (χ4v) is 1.08. The molecule has 0 amide bonds. The van der Waals surface area contributed by atoms with Crippen LogP contribution < -0.4 is 5.32 Å². The highest BCUT2D eigenvalue weighted by molar-refractivity contribution is 5.72. The van der Waals surface area contributed by atoms with Crippen LogP contribution in [-0.4, -0.2) is 30.0 Å². The molecule has 1 heterocycles. The molecule has 1 aliphatic heterocycles. The molecule has 0 spiro atoms. The van der Waals surface area contributed by atoms with Crippen LogP contribution in [0.25, 0.3) is 0 Å². The molecule has 0 fully saturated rings. The molecule has 0 aromatic carbocycles. The van der Waals surface area contributed by atoms with Crippen molar-refractivity contribution in [2.75, 3.05) is 13.1 Å². The molecule has 1 unspecified atom stereocenters. The summed E-state index contributed by atoms with van der Waals surface area (Å²) in [4.78, 5) is 4.09. The summed E-state index contributed by atoms with van der Waals surface area (Å²) in [6.45, 7) is 5.35. The van der Waals surface area contributed by atoms with Crippen molar-refractivity contribution >= 4 is 6.21 Å². The number of hydrogen-bond donors (Lipinski definition) is 2. The lowest BCUT2D eigenvalue weighted by Crippen LogP contribution is -2.35. The Morgan fingerprint density at radius 1 is 1.75 bits per heavy atom. The molecule has 1 atom stereocenters. The Kier molecular flexibility index (Phi) is 2.87. The summed E-state index contributed by atoms with van der Waals surface area (Å²) in [6, 6.07) is 0. The summed E-state index contributed by atoms with van der Waals surface area (Å²) in [5.41, 5.74) is 0.127. The number of rotatable bonds is 2. The normalized spacial score (nSPS) is 22.1. The molecule has 0 aromatic heterocycles. The van der Waals surface area contributed by atoms with Gasteiger partial charge in [-0.25, -0.2) is 0 Å². The van der Waals surface area contributed by atoms with E-state index in [1.54, 1.807) is 6.21 Å². The molecule has 3 nitrogen and oxygen atoms in total. The van der Waals surface area contributed by atoms with E-state index in [2.05, 4.69) is 10.3 Å². The minimum absolute atomic E-state index is 0.708. The average molecular weight is 168 g/mol. The largest absolute Gasteiger partial charge is 0.384 e. The maximum atomic E-state index is 9.88. The van der Waals surface area contributed by atoms with E-state index in [0.29, 0.717) is 6.42 Å². The van der Waals surface area contributed by atoms with Crippen molar-refractivity contribution in [2.45, 2.75) is 25.9 Å².